The Balaban J connectivity index is 1.99. The molecule has 0 aromatic carbocycles. The SMILES string of the molecule is O=S1(=O)CCCC(C2NCCO2)C1. The lowest BCUT2D eigenvalue weighted by Crippen LogP contribution is -2.39. The molecule has 0 aliphatic carbocycles. The average molecular weight is 205 g/mol. The first-order valence-electron chi connectivity index (χ1n) is 4.73. The fourth-order valence-electron chi connectivity index (χ4n) is 2.05. The molecule has 13 heavy (non-hydrogen) atoms. The molecule has 2 fully saturated rings. The molecule has 2 aliphatic heterocycles. The first-order valence-corrected chi connectivity index (χ1v) is 6.55. The van der Waals surface area contributed by atoms with Crippen LogP contribution in [-0.4, -0.2) is 39.3 Å². The molecular formula is C8H15NO3S. The van der Waals surface area contributed by atoms with Crippen LogP contribution in [0.4, 0.5) is 0 Å². The molecule has 0 aromatic heterocycles. The molecule has 4 nitrogen and oxygen atoms in total. The Morgan fingerprint density at radius 1 is 1.38 bits per heavy atom. The van der Waals surface area contributed by atoms with Crippen molar-refractivity contribution in [2.24, 2.45) is 5.92 Å². The van der Waals surface area contributed by atoms with Gasteiger partial charge in [-0.05, 0) is 12.8 Å². The minimum absolute atomic E-state index is 0.0184. The van der Waals surface area contributed by atoms with E-state index in [1.165, 1.54) is 0 Å². The summed E-state index contributed by atoms with van der Waals surface area (Å²) in [7, 11) is -2.79. The van der Waals surface area contributed by atoms with Crippen LogP contribution in [0.2, 0.25) is 0 Å². The highest BCUT2D eigenvalue weighted by Gasteiger charge is 2.32. The van der Waals surface area contributed by atoms with E-state index in [0.29, 0.717) is 18.1 Å². The van der Waals surface area contributed by atoms with Crippen molar-refractivity contribution < 1.29 is 13.2 Å². The zero-order valence-electron chi connectivity index (χ0n) is 7.53. The van der Waals surface area contributed by atoms with Gasteiger partial charge in [0.2, 0.25) is 0 Å². The third-order valence-electron chi connectivity index (χ3n) is 2.67. The molecule has 0 aromatic rings. The molecular weight excluding hydrogens is 190 g/mol. The van der Waals surface area contributed by atoms with Crippen molar-refractivity contribution in [2.45, 2.75) is 19.1 Å². The largest absolute Gasteiger partial charge is 0.362 e. The molecule has 1 N–H and O–H groups in total. The maximum absolute atomic E-state index is 11.3. The van der Waals surface area contributed by atoms with E-state index in [0.717, 1.165) is 19.4 Å². The standard InChI is InChI=1S/C8H15NO3S/c10-13(11)5-1-2-7(6-13)8-9-3-4-12-8/h7-9H,1-6H2. The Morgan fingerprint density at radius 2 is 2.23 bits per heavy atom. The second-order valence-corrected chi connectivity index (χ2v) is 5.99. The first kappa shape index (κ1) is 9.43. The van der Waals surface area contributed by atoms with Crippen molar-refractivity contribution in [1.82, 2.24) is 5.32 Å². The van der Waals surface area contributed by atoms with Crippen molar-refractivity contribution in [2.75, 3.05) is 24.7 Å². The van der Waals surface area contributed by atoms with Gasteiger partial charge in [-0.1, -0.05) is 0 Å². The number of hydrogen-bond donors (Lipinski definition) is 1. The summed E-state index contributed by atoms with van der Waals surface area (Å²) in [4.78, 5) is 0. The second-order valence-electron chi connectivity index (χ2n) is 3.76. The lowest BCUT2D eigenvalue weighted by atomic mass is 10.0. The average Bonchev–Trinajstić information content (AvgIpc) is 2.53. The van der Waals surface area contributed by atoms with Gasteiger partial charge in [-0.3, -0.25) is 5.32 Å². The summed E-state index contributed by atoms with van der Waals surface area (Å²) in [5, 5.41) is 3.18. The van der Waals surface area contributed by atoms with Gasteiger partial charge in [0, 0.05) is 12.5 Å². The maximum atomic E-state index is 11.3. The topological polar surface area (TPSA) is 55.4 Å². The van der Waals surface area contributed by atoms with Crippen LogP contribution in [0.25, 0.3) is 0 Å². The number of nitrogens with one attached hydrogen (secondary N) is 1. The van der Waals surface area contributed by atoms with E-state index in [-0.39, 0.29) is 12.1 Å². The van der Waals surface area contributed by atoms with E-state index in [9.17, 15) is 8.42 Å². The van der Waals surface area contributed by atoms with Crippen molar-refractivity contribution in [3.8, 4) is 0 Å². The number of ether oxygens (including phenoxy) is 1. The van der Waals surface area contributed by atoms with Gasteiger partial charge in [0.15, 0.2) is 9.84 Å². The molecule has 5 heteroatoms. The summed E-state index contributed by atoms with van der Waals surface area (Å²) in [6.45, 7) is 1.56. The normalized spacial score (nSPS) is 39.1. The highest BCUT2D eigenvalue weighted by atomic mass is 32.2. The lowest BCUT2D eigenvalue weighted by molar-refractivity contribution is 0.0550. The Hall–Kier alpha value is -0.130. The van der Waals surface area contributed by atoms with Crippen LogP contribution in [0.3, 0.4) is 0 Å². The number of hydrogen-bond acceptors (Lipinski definition) is 4. The van der Waals surface area contributed by atoms with E-state index in [1.807, 2.05) is 0 Å². The van der Waals surface area contributed by atoms with Gasteiger partial charge < -0.3 is 4.74 Å². The van der Waals surface area contributed by atoms with Crippen LogP contribution >= 0.6 is 0 Å². The van der Waals surface area contributed by atoms with E-state index >= 15 is 0 Å². The van der Waals surface area contributed by atoms with Crippen LogP contribution in [-0.2, 0) is 14.6 Å². The summed E-state index contributed by atoms with van der Waals surface area (Å²) in [5.74, 6) is 0.821. The van der Waals surface area contributed by atoms with Crippen LogP contribution < -0.4 is 5.32 Å². The lowest BCUT2D eigenvalue weighted by Gasteiger charge is -2.26. The van der Waals surface area contributed by atoms with Gasteiger partial charge in [0.05, 0.1) is 18.1 Å². The van der Waals surface area contributed by atoms with Gasteiger partial charge >= 0.3 is 0 Å². The molecule has 0 amide bonds. The van der Waals surface area contributed by atoms with Crippen LogP contribution in [0.5, 0.6) is 0 Å². The number of rotatable bonds is 1. The summed E-state index contributed by atoms with van der Waals surface area (Å²) in [5.41, 5.74) is 0. The van der Waals surface area contributed by atoms with Crippen LogP contribution in [0, 0.1) is 5.92 Å². The third kappa shape index (κ3) is 2.21. The van der Waals surface area contributed by atoms with E-state index in [2.05, 4.69) is 5.32 Å². The second kappa shape index (κ2) is 3.55. The summed E-state index contributed by atoms with van der Waals surface area (Å²) in [6, 6.07) is 0. The fourth-order valence-corrected chi connectivity index (χ4v) is 3.81. The van der Waals surface area contributed by atoms with Crippen molar-refractivity contribution >= 4 is 9.84 Å². The Morgan fingerprint density at radius 3 is 2.85 bits per heavy atom. The van der Waals surface area contributed by atoms with Gasteiger partial charge in [0.1, 0.15) is 6.23 Å². The zero-order valence-corrected chi connectivity index (χ0v) is 8.35. The monoisotopic (exact) mass is 205 g/mol. The molecule has 0 saturated carbocycles. The van der Waals surface area contributed by atoms with Crippen LogP contribution in [0.15, 0.2) is 0 Å². The molecule has 76 valence electrons. The molecule has 2 atom stereocenters. The van der Waals surface area contributed by atoms with Gasteiger partial charge in [-0.15, -0.1) is 0 Å². The van der Waals surface area contributed by atoms with E-state index in [4.69, 9.17) is 4.74 Å². The van der Waals surface area contributed by atoms with E-state index < -0.39 is 9.84 Å². The molecule has 2 unspecified atom stereocenters. The molecule has 2 saturated heterocycles. The minimum Gasteiger partial charge on any atom is -0.362 e. The molecule has 2 aliphatic rings. The number of sulfone groups is 1. The maximum Gasteiger partial charge on any atom is 0.150 e. The van der Waals surface area contributed by atoms with Gasteiger partial charge in [-0.2, -0.15) is 0 Å². The van der Waals surface area contributed by atoms with Gasteiger partial charge in [-0.25, -0.2) is 8.42 Å². The molecule has 2 rings (SSSR count). The zero-order chi connectivity index (χ0) is 9.31. The molecule has 2 heterocycles. The van der Waals surface area contributed by atoms with Crippen LogP contribution in [0.1, 0.15) is 12.8 Å². The summed E-state index contributed by atoms with van der Waals surface area (Å²) >= 11 is 0. The first-order chi connectivity index (χ1) is 6.17. The molecule has 0 spiro atoms. The highest BCUT2D eigenvalue weighted by Crippen LogP contribution is 2.23. The van der Waals surface area contributed by atoms with E-state index in [1.54, 1.807) is 0 Å². The fraction of sp³-hybridized carbons (Fsp3) is 1.00. The Bertz CT molecular complexity index is 269. The highest BCUT2D eigenvalue weighted by molar-refractivity contribution is 7.91. The smallest absolute Gasteiger partial charge is 0.150 e. The predicted molar refractivity (Wildman–Crippen MR) is 49.1 cm³/mol. The van der Waals surface area contributed by atoms with Crippen molar-refractivity contribution in [3.63, 3.8) is 0 Å². The summed E-state index contributed by atoms with van der Waals surface area (Å²) in [6.07, 6.45) is 1.74. The van der Waals surface area contributed by atoms with Crippen molar-refractivity contribution in [1.29, 1.82) is 0 Å². The Kier molecular flexibility index (Phi) is 2.58. The van der Waals surface area contributed by atoms with Crippen molar-refractivity contribution in [3.05, 3.63) is 0 Å². The Labute approximate surface area is 78.6 Å². The van der Waals surface area contributed by atoms with Gasteiger partial charge in [0.25, 0.3) is 0 Å². The molecule has 0 bridgehead atoms. The third-order valence-corrected chi connectivity index (χ3v) is 4.52. The molecule has 0 radical (unpaired) electrons. The minimum atomic E-state index is -2.79. The summed E-state index contributed by atoms with van der Waals surface area (Å²) < 4.78 is 28.1. The quantitative estimate of drug-likeness (QED) is 0.642. The predicted octanol–water partition coefficient (Wildman–Crippen LogP) is -0.243.